The second-order valence-electron chi connectivity index (χ2n) is 4.95. The van der Waals surface area contributed by atoms with E-state index < -0.39 is 17.0 Å². The van der Waals surface area contributed by atoms with Crippen molar-refractivity contribution < 1.29 is 19.6 Å². The topological polar surface area (TPSA) is 102 Å². The van der Waals surface area contributed by atoms with Crippen LogP contribution in [-0.2, 0) is 11.3 Å². The number of benzene rings is 1. The van der Waals surface area contributed by atoms with Crippen LogP contribution >= 0.6 is 0 Å². The van der Waals surface area contributed by atoms with Gasteiger partial charge in [0.1, 0.15) is 0 Å². The zero-order chi connectivity index (χ0) is 16.0. The Kier molecular flexibility index (Phi) is 6.10. The van der Waals surface area contributed by atoms with Crippen molar-refractivity contribution in [2.45, 2.75) is 45.9 Å². The molecule has 2 N–H and O–H groups in total. The second-order valence-corrected chi connectivity index (χ2v) is 4.95. The molecule has 7 nitrogen and oxygen atoms in total. The standard InChI is InChI=1S/C14H20N2O5/c1-4-12(14(17)18)21-13-7-10(8-15-9(2)3)5-6-11(13)16(19)20/h5-7,9,12,15H,4,8H2,1-3H3,(H,17,18). The van der Waals surface area contributed by atoms with E-state index in [2.05, 4.69) is 5.32 Å². The van der Waals surface area contributed by atoms with Crippen molar-refractivity contribution in [1.29, 1.82) is 0 Å². The van der Waals surface area contributed by atoms with Crippen LogP contribution in [0.3, 0.4) is 0 Å². The maximum Gasteiger partial charge on any atom is 0.344 e. The highest BCUT2D eigenvalue weighted by Crippen LogP contribution is 2.29. The SMILES string of the molecule is CCC(Oc1cc(CNC(C)C)ccc1[N+](=O)[O-])C(=O)O. The van der Waals surface area contributed by atoms with Gasteiger partial charge < -0.3 is 15.2 Å². The van der Waals surface area contributed by atoms with Gasteiger partial charge in [0.05, 0.1) is 4.92 Å². The summed E-state index contributed by atoms with van der Waals surface area (Å²) in [6, 6.07) is 4.74. The Morgan fingerprint density at radius 2 is 2.14 bits per heavy atom. The fourth-order valence-corrected chi connectivity index (χ4v) is 1.70. The van der Waals surface area contributed by atoms with Crippen LogP contribution in [-0.4, -0.2) is 28.1 Å². The average Bonchev–Trinajstić information content (AvgIpc) is 2.41. The van der Waals surface area contributed by atoms with E-state index >= 15 is 0 Å². The first-order valence-electron chi connectivity index (χ1n) is 6.75. The quantitative estimate of drug-likeness (QED) is 0.564. The van der Waals surface area contributed by atoms with E-state index in [9.17, 15) is 14.9 Å². The van der Waals surface area contributed by atoms with Crippen LogP contribution in [0.2, 0.25) is 0 Å². The minimum Gasteiger partial charge on any atom is -0.479 e. The molecule has 1 aromatic rings. The fourth-order valence-electron chi connectivity index (χ4n) is 1.70. The van der Waals surface area contributed by atoms with Gasteiger partial charge in [-0.1, -0.05) is 26.8 Å². The summed E-state index contributed by atoms with van der Waals surface area (Å²) in [5.74, 6) is -1.16. The molecule has 0 fully saturated rings. The molecule has 0 aliphatic carbocycles. The van der Waals surface area contributed by atoms with Crippen LogP contribution in [0.15, 0.2) is 18.2 Å². The van der Waals surface area contributed by atoms with Crippen LogP contribution in [0.5, 0.6) is 5.75 Å². The number of rotatable bonds is 8. The summed E-state index contributed by atoms with van der Waals surface area (Å²) < 4.78 is 5.30. The Morgan fingerprint density at radius 3 is 2.62 bits per heavy atom. The molecule has 0 amide bonds. The summed E-state index contributed by atoms with van der Waals surface area (Å²) in [5, 5.41) is 23.2. The predicted molar refractivity (Wildman–Crippen MR) is 77.4 cm³/mol. The highest BCUT2D eigenvalue weighted by molar-refractivity contribution is 5.73. The monoisotopic (exact) mass is 296 g/mol. The van der Waals surface area contributed by atoms with Gasteiger partial charge in [-0.05, 0) is 18.1 Å². The lowest BCUT2D eigenvalue weighted by Gasteiger charge is -2.14. The molecule has 0 aromatic heterocycles. The number of nitro groups is 1. The number of nitrogens with one attached hydrogen (secondary N) is 1. The van der Waals surface area contributed by atoms with E-state index in [-0.39, 0.29) is 23.9 Å². The van der Waals surface area contributed by atoms with Crippen molar-refractivity contribution in [3.05, 3.63) is 33.9 Å². The summed E-state index contributed by atoms with van der Waals surface area (Å²) >= 11 is 0. The van der Waals surface area contributed by atoms with Crippen molar-refractivity contribution in [3.8, 4) is 5.75 Å². The normalized spacial score (nSPS) is 12.2. The molecule has 0 heterocycles. The van der Waals surface area contributed by atoms with E-state index in [1.165, 1.54) is 12.1 Å². The lowest BCUT2D eigenvalue weighted by atomic mass is 10.1. The summed E-state index contributed by atoms with van der Waals surface area (Å²) in [4.78, 5) is 21.4. The third-order valence-electron chi connectivity index (χ3n) is 2.85. The maximum atomic E-state index is 11.0. The van der Waals surface area contributed by atoms with Crippen LogP contribution < -0.4 is 10.1 Å². The first-order chi connectivity index (χ1) is 9.85. The summed E-state index contributed by atoms with van der Waals surface area (Å²) in [5.41, 5.74) is 0.563. The number of ether oxygens (including phenoxy) is 1. The number of hydrogen-bond acceptors (Lipinski definition) is 5. The van der Waals surface area contributed by atoms with E-state index in [0.29, 0.717) is 6.54 Å². The van der Waals surface area contributed by atoms with Gasteiger partial charge in [0, 0.05) is 18.7 Å². The Labute approximate surface area is 123 Å². The summed E-state index contributed by atoms with van der Waals surface area (Å²) in [7, 11) is 0. The highest BCUT2D eigenvalue weighted by atomic mass is 16.6. The van der Waals surface area contributed by atoms with Gasteiger partial charge >= 0.3 is 11.7 Å². The molecule has 7 heteroatoms. The van der Waals surface area contributed by atoms with Crippen molar-refractivity contribution in [2.24, 2.45) is 0 Å². The number of carbonyl (C=O) groups is 1. The van der Waals surface area contributed by atoms with Gasteiger partial charge in [0.2, 0.25) is 0 Å². The summed E-state index contributed by atoms with van der Waals surface area (Å²) in [6.45, 7) is 6.14. The van der Waals surface area contributed by atoms with Crippen molar-refractivity contribution in [3.63, 3.8) is 0 Å². The minimum absolute atomic E-state index is 0.0164. The molecule has 1 rings (SSSR count). The largest absolute Gasteiger partial charge is 0.479 e. The number of aliphatic carboxylic acids is 1. The molecule has 0 spiro atoms. The van der Waals surface area contributed by atoms with Crippen LogP contribution in [0, 0.1) is 10.1 Å². The lowest BCUT2D eigenvalue weighted by molar-refractivity contribution is -0.386. The number of nitro benzene ring substituents is 1. The van der Waals surface area contributed by atoms with E-state index in [1.54, 1.807) is 13.0 Å². The molecular weight excluding hydrogens is 276 g/mol. The average molecular weight is 296 g/mol. The molecule has 21 heavy (non-hydrogen) atoms. The second kappa shape index (κ2) is 7.58. The van der Waals surface area contributed by atoms with Crippen molar-refractivity contribution in [2.75, 3.05) is 0 Å². The van der Waals surface area contributed by atoms with Gasteiger partial charge in [-0.25, -0.2) is 4.79 Å². The van der Waals surface area contributed by atoms with Gasteiger partial charge in [-0.2, -0.15) is 0 Å². The number of carboxylic acid groups (broad SMARTS) is 1. The summed E-state index contributed by atoms with van der Waals surface area (Å²) in [6.07, 6.45) is -0.877. The Bertz CT molecular complexity index is 516. The minimum atomic E-state index is -1.14. The predicted octanol–water partition coefficient (Wildman–Crippen LogP) is 2.33. The van der Waals surface area contributed by atoms with E-state index in [0.717, 1.165) is 5.56 Å². The van der Waals surface area contributed by atoms with Crippen molar-refractivity contribution in [1.82, 2.24) is 5.32 Å². The third kappa shape index (κ3) is 5.03. The molecule has 0 radical (unpaired) electrons. The zero-order valence-electron chi connectivity index (χ0n) is 12.3. The molecule has 0 aliphatic heterocycles. The third-order valence-corrected chi connectivity index (χ3v) is 2.85. The van der Waals surface area contributed by atoms with Gasteiger partial charge in [-0.3, -0.25) is 10.1 Å². The first-order valence-corrected chi connectivity index (χ1v) is 6.75. The fraction of sp³-hybridized carbons (Fsp3) is 0.500. The smallest absolute Gasteiger partial charge is 0.344 e. The van der Waals surface area contributed by atoms with E-state index in [4.69, 9.17) is 9.84 Å². The molecule has 116 valence electrons. The molecule has 0 saturated heterocycles. The Balaban J connectivity index is 3.03. The van der Waals surface area contributed by atoms with Gasteiger partial charge in [0.25, 0.3) is 0 Å². The van der Waals surface area contributed by atoms with Crippen LogP contribution in [0.4, 0.5) is 5.69 Å². The van der Waals surface area contributed by atoms with Gasteiger partial charge in [-0.15, -0.1) is 0 Å². The molecule has 1 aromatic carbocycles. The Hall–Kier alpha value is -2.15. The molecule has 0 saturated carbocycles. The van der Waals surface area contributed by atoms with Crippen LogP contribution in [0.1, 0.15) is 32.8 Å². The molecule has 1 atom stereocenters. The van der Waals surface area contributed by atoms with Gasteiger partial charge in [0.15, 0.2) is 11.9 Å². The lowest BCUT2D eigenvalue weighted by Crippen LogP contribution is -2.26. The zero-order valence-corrected chi connectivity index (χ0v) is 12.3. The van der Waals surface area contributed by atoms with Crippen LogP contribution in [0.25, 0.3) is 0 Å². The molecule has 0 aliphatic rings. The number of hydrogen-bond donors (Lipinski definition) is 2. The maximum absolute atomic E-state index is 11.0. The Morgan fingerprint density at radius 1 is 1.48 bits per heavy atom. The molecular formula is C14H20N2O5. The van der Waals surface area contributed by atoms with E-state index in [1.807, 2.05) is 13.8 Å². The molecule has 1 unspecified atom stereocenters. The molecule has 0 bridgehead atoms. The number of carboxylic acids is 1. The number of nitrogens with zero attached hydrogens (tertiary/aromatic N) is 1. The first kappa shape index (κ1) is 16.9. The van der Waals surface area contributed by atoms with Crippen molar-refractivity contribution >= 4 is 11.7 Å². The highest BCUT2D eigenvalue weighted by Gasteiger charge is 2.23.